The Bertz CT molecular complexity index is 1980. The summed E-state index contributed by atoms with van der Waals surface area (Å²) in [6.45, 7) is 6.53. The van der Waals surface area contributed by atoms with Gasteiger partial charge in [-0.25, -0.2) is 18.2 Å². The monoisotopic (exact) mass is 640 g/mol. The Balaban J connectivity index is 1.37. The van der Waals surface area contributed by atoms with Crippen molar-refractivity contribution in [1.29, 1.82) is 0 Å². The minimum absolute atomic E-state index is 0.185. The number of nitrogens with zero attached hydrogens (tertiary/aromatic N) is 2. The molecule has 0 fully saturated rings. The Morgan fingerprint density at radius 1 is 0.848 bits per heavy atom. The summed E-state index contributed by atoms with van der Waals surface area (Å²) in [6, 6.07) is 25.6. The van der Waals surface area contributed by atoms with Gasteiger partial charge in [-0.1, -0.05) is 75.4 Å². The highest BCUT2D eigenvalue weighted by Gasteiger charge is 2.22. The molecule has 0 spiro atoms. The number of hydrogen-bond donors (Lipinski definition) is 4. The van der Waals surface area contributed by atoms with Crippen LogP contribution in [0.3, 0.4) is 0 Å². The summed E-state index contributed by atoms with van der Waals surface area (Å²) in [5, 5.41) is 10.4. The zero-order chi connectivity index (χ0) is 32.9. The first kappa shape index (κ1) is 32.0. The molecule has 0 aliphatic carbocycles. The van der Waals surface area contributed by atoms with Crippen LogP contribution in [0, 0.1) is 0 Å². The number of methoxy groups -OCH3 is 1. The highest BCUT2D eigenvalue weighted by atomic mass is 32.2. The van der Waals surface area contributed by atoms with Crippen LogP contribution in [-0.2, 0) is 22.0 Å². The molecule has 0 bridgehead atoms. The summed E-state index contributed by atoms with van der Waals surface area (Å²) >= 11 is 0. The number of benzene rings is 4. The molecule has 0 atom stereocenters. The molecule has 12 heteroatoms. The van der Waals surface area contributed by atoms with Crippen molar-refractivity contribution in [3.05, 3.63) is 102 Å². The largest absolute Gasteiger partial charge is 0.492 e. The van der Waals surface area contributed by atoms with E-state index in [2.05, 4.69) is 30.6 Å². The number of fused-ring (bicyclic) bond motifs is 1. The molecule has 0 aliphatic heterocycles. The molecule has 1 aromatic heterocycles. The van der Waals surface area contributed by atoms with Crippen LogP contribution in [-0.4, -0.2) is 37.8 Å². The van der Waals surface area contributed by atoms with E-state index < -0.39 is 16.1 Å². The van der Waals surface area contributed by atoms with E-state index in [0.717, 1.165) is 28.2 Å². The zero-order valence-electron chi connectivity index (χ0n) is 26.2. The summed E-state index contributed by atoms with van der Waals surface area (Å²) in [7, 11) is -2.20. The summed E-state index contributed by atoms with van der Waals surface area (Å²) in [4.78, 5) is 22.1. The third-order valence-electron chi connectivity index (χ3n) is 6.97. The van der Waals surface area contributed by atoms with E-state index in [4.69, 9.17) is 9.47 Å². The van der Waals surface area contributed by atoms with Gasteiger partial charge in [0.25, 0.3) is 0 Å². The van der Waals surface area contributed by atoms with Crippen LogP contribution < -0.4 is 30.1 Å². The van der Waals surface area contributed by atoms with E-state index in [9.17, 15) is 13.2 Å². The van der Waals surface area contributed by atoms with E-state index in [-0.39, 0.29) is 16.9 Å². The van der Waals surface area contributed by atoms with Gasteiger partial charge in [-0.05, 0) is 40.8 Å². The second kappa shape index (κ2) is 13.3. The van der Waals surface area contributed by atoms with E-state index in [1.807, 2.05) is 75.4 Å². The minimum Gasteiger partial charge on any atom is -0.492 e. The van der Waals surface area contributed by atoms with Gasteiger partial charge in [0.05, 0.1) is 30.4 Å². The molecule has 0 radical (unpaired) electrons. The smallest absolute Gasteiger partial charge is 0.323 e. The number of carbonyl (C=O) groups excluding carboxylic acids is 1. The van der Waals surface area contributed by atoms with Crippen LogP contribution in [0.4, 0.5) is 27.8 Å². The maximum Gasteiger partial charge on any atom is 0.323 e. The van der Waals surface area contributed by atoms with E-state index in [0.29, 0.717) is 35.5 Å². The van der Waals surface area contributed by atoms with Crippen LogP contribution in [0.5, 0.6) is 17.4 Å². The average molecular weight is 641 g/mol. The molecule has 0 saturated heterocycles. The fourth-order valence-electron chi connectivity index (χ4n) is 4.77. The second-order valence-electron chi connectivity index (χ2n) is 11.6. The number of hydrogen-bond acceptors (Lipinski definition) is 8. The Labute approximate surface area is 268 Å². The number of nitrogens with one attached hydrogen (secondary N) is 4. The van der Waals surface area contributed by atoms with Crippen molar-refractivity contribution in [1.82, 2.24) is 9.97 Å². The number of anilines is 4. The van der Waals surface area contributed by atoms with Crippen LogP contribution in [0.2, 0.25) is 0 Å². The van der Waals surface area contributed by atoms with Crippen molar-refractivity contribution in [2.75, 3.05) is 34.0 Å². The van der Waals surface area contributed by atoms with E-state index >= 15 is 0 Å². The molecule has 5 rings (SSSR count). The first-order valence-corrected chi connectivity index (χ1v) is 16.4. The molecule has 11 nitrogen and oxygen atoms in total. The lowest BCUT2D eigenvalue weighted by Gasteiger charge is -2.24. The average Bonchev–Trinajstić information content (AvgIpc) is 3.00. The third-order valence-corrected chi connectivity index (χ3v) is 7.56. The van der Waals surface area contributed by atoms with Gasteiger partial charge in [0.1, 0.15) is 5.75 Å². The lowest BCUT2D eigenvalue weighted by atomic mass is 9.86. The lowest BCUT2D eigenvalue weighted by molar-refractivity contribution is 0.262. The zero-order valence-corrected chi connectivity index (χ0v) is 27.0. The molecule has 2 amide bonds. The molecule has 4 N–H and O–H groups in total. The van der Waals surface area contributed by atoms with Gasteiger partial charge >= 0.3 is 6.03 Å². The molecule has 238 valence electrons. The summed E-state index contributed by atoms with van der Waals surface area (Å²) in [5.41, 5.74) is 2.62. The normalized spacial score (nSPS) is 11.5. The number of sulfonamides is 1. The van der Waals surface area contributed by atoms with Crippen molar-refractivity contribution in [2.45, 2.75) is 32.7 Å². The molecule has 46 heavy (non-hydrogen) atoms. The molecule has 0 aliphatic rings. The van der Waals surface area contributed by atoms with Gasteiger partial charge in [-0.3, -0.25) is 4.72 Å². The Morgan fingerprint density at radius 2 is 1.52 bits per heavy atom. The van der Waals surface area contributed by atoms with Crippen molar-refractivity contribution < 1.29 is 22.7 Å². The lowest BCUT2D eigenvalue weighted by Crippen LogP contribution is -2.22. The summed E-state index contributed by atoms with van der Waals surface area (Å²) in [6.07, 6.45) is 2.68. The van der Waals surface area contributed by atoms with Crippen molar-refractivity contribution in [3.63, 3.8) is 0 Å². The van der Waals surface area contributed by atoms with E-state index in [1.54, 1.807) is 36.5 Å². The molecule has 5 aromatic rings. The fraction of sp³-hybridized carbons (Fsp3) is 0.206. The van der Waals surface area contributed by atoms with Gasteiger partial charge in [-0.2, -0.15) is 4.98 Å². The maximum atomic E-state index is 13.4. The van der Waals surface area contributed by atoms with Gasteiger partial charge in [0.2, 0.25) is 21.9 Å². The van der Waals surface area contributed by atoms with Gasteiger partial charge < -0.3 is 25.4 Å². The minimum atomic E-state index is -3.62. The quantitative estimate of drug-likeness (QED) is 0.124. The molecular weight excluding hydrogens is 604 g/mol. The first-order chi connectivity index (χ1) is 21.9. The maximum absolute atomic E-state index is 13.4. The van der Waals surface area contributed by atoms with Crippen molar-refractivity contribution in [2.24, 2.45) is 0 Å². The molecule has 0 unspecified atom stereocenters. The van der Waals surface area contributed by atoms with Crippen LogP contribution in [0.1, 0.15) is 31.9 Å². The first-order valence-electron chi connectivity index (χ1n) is 14.5. The summed E-state index contributed by atoms with van der Waals surface area (Å²) < 4.78 is 38.4. The third kappa shape index (κ3) is 8.02. The predicted octanol–water partition coefficient (Wildman–Crippen LogP) is 7.36. The number of urea groups is 1. The number of ether oxygens (including phenoxy) is 2. The molecule has 0 saturated carbocycles. The molecule has 4 aromatic carbocycles. The number of rotatable bonds is 10. The van der Waals surface area contributed by atoms with Crippen molar-refractivity contribution in [3.8, 4) is 17.4 Å². The van der Waals surface area contributed by atoms with Gasteiger partial charge in [0.15, 0.2) is 5.75 Å². The standard InChI is InChI=1S/C34H36N6O5S/c1-34(2,3)23-19-27(31(44-4)28(20-23)40-46(5,42)43)38-33(41)37-26-15-16-29(25-14-10-9-13-24(25)26)45-30-17-18-35-32(39-30)36-21-22-11-7-6-8-12-22/h6-20,40H,21H2,1-5H3,(H,35,36,39)(H2,37,38,41). The number of carbonyl (C=O) groups is 1. The topological polar surface area (TPSA) is 144 Å². The van der Waals surface area contributed by atoms with E-state index in [1.165, 1.54) is 7.11 Å². The predicted molar refractivity (Wildman–Crippen MR) is 183 cm³/mol. The Hall–Kier alpha value is -5.36. The fourth-order valence-corrected chi connectivity index (χ4v) is 5.32. The van der Waals surface area contributed by atoms with Crippen LogP contribution in [0.15, 0.2) is 91.1 Å². The number of amides is 2. The van der Waals surface area contributed by atoms with Crippen molar-refractivity contribution >= 4 is 49.8 Å². The highest BCUT2D eigenvalue weighted by Crippen LogP contribution is 2.39. The van der Waals surface area contributed by atoms with Gasteiger partial charge in [0, 0.05) is 29.6 Å². The van der Waals surface area contributed by atoms with Crippen LogP contribution >= 0.6 is 0 Å². The SMILES string of the molecule is COc1c(NC(=O)Nc2ccc(Oc3ccnc(NCc4ccccc4)n3)c3ccccc23)cc(C(C)(C)C)cc1NS(C)(=O)=O. The molecule has 1 heterocycles. The molecular formula is C34H36N6O5S. The highest BCUT2D eigenvalue weighted by molar-refractivity contribution is 7.92. The van der Waals surface area contributed by atoms with Crippen LogP contribution in [0.25, 0.3) is 10.8 Å². The van der Waals surface area contributed by atoms with Gasteiger partial charge in [-0.15, -0.1) is 0 Å². The Morgan fingerprint density at radius 3 is 2.22 bits per heavy atom. The number of aromatic nitrogens is 2. The Kier molecular flexibility index (Phi) is 9.28. The summed E-state index contributed by atoms with van der Waals surface area (Å²) in [5.74, 6) is 1.52. The second-order valence-corrected chi connectivity index (χ2v) is 13.4.